The molecule has 0 bridgehead atoms. The molecule has 0 aliphatic carbocycles. The highest BCUT2D eigenvalue weighted by Crippen LogP contribution is 2.38. The first-order chi connectivity index (χ1) is 9.65. The highest BCUT2D eigenvalue weighted by atomic mass is 16.5. The summed E-state index contributed by atoms with van der Waals surface area (Å²) < 4.78 is 10.7. The normalized spacial score (nSPS) is 18.9. The summed E-state index contributed by atoms with van der Waals surface area (Å²) in [6.07, 6.45) is 3.53. The Morgan fingerprint density at radius 2 is 1.85 bits per heavy atom. The molecular formula is C16H22N2O2. The van der Waals surface area contributed by atoms with E-state index in [9.17, 15) is 5.26 Å². The van der Waals surface area contributed by atoms with Gasteiger partial charge in [0.15, 0.2) is 0 Å². The molecule has 1 saturated heterocycles. The highest BCUT2D eigenvalue weighted by molar-refractivity contribution is 5.47. The Labute approximate surface area is 120 Å². The molecule has 4 heteroatoms. The van der Waals surface area contributed by atoms with E-state index in [0.717, 1.165) is 43.0 Å². The average molecular weight is 274 g/mol. The summed E-state index contributed by atoms with van der Waals surface area (Å²) in [7, 11) is 3.27. The number of benzene rings is 1. The summed E-state index contributed by atoms with van der Waals surface area (Å²) >= 11 is 0. The van der Waals surface area contributed by atoms with Crippen LogP contribution in [0.15, 0.2) is 18.2 Å². The van der Waals surface area contributed by atoms with Crippen molar-refractivity contribution in [3.05, 3.63) is 23.8 Å². The molecule has 0 N–H and O–H groups in total. The Morgan fingerprint density at radius 1 is 1.15 bits per heavy atom. The van der Waals surface area contributed by atoms with Crippen LogP contribution in [0.5, 0.6) is 11.5 Å². The van der Waals surface area contributed by atoms with Crippen molar-refractivity contribution in [3.63, 3.8) is 0 Å². The summed E-state index contributed by atoms with van der Waals surface area (Å²) in [5.41, 5.74) is 0.198. The lowest BCUT2D eigenvalue weighted by molar-refractivity contribution is 0.121. The van der Waals surface area contributed by atoms with Gasteiger partial charge in [0.2, 0.25) is 0 Å². The number of rotatable bonds is 4. The Morgan fingerprint density at radius 3 is 2.40 bits per heavy atom. The fourth-order valence-electron chi connectivity index (χ4n) is 2.84. The van der Waals surface area contributed by atoms with Crippen LogP contribution in [0, 0.1) is 11.3 Å². The molecule has 1 aromatic rings. The Hall–Kier alpha value is -1.73. The van der Waals surface area contributed by atoms with E-state index < -0.39 is 5.54 Å². The van der Waals surface area contributed by atoms with Gasteiger partial charge in [-0.3, -0.25) is 4.90 Å². The van der Waals surface area contributed by atoms with Crippen LogP contribution in [0.3, 0.4) is 0 Å². The van der Waals surface area contributed by atoms with E-state index >= 15 is 0 Å². The van der Waals surface area contributed by atoms with Crippen molar-refractivity contribution in [1.29, 1.82) is 5.26 Å². The van der Waals surface area contributed by atoms with Crippen LogP contribution >= 0.6 is 0 Å². The minimum absolute atomic E-state index is 0.680. The number of hydrogen-bond donors (Lipinski definition) is 0. The largest absolute Gasteiger partial charge is 0.497 e. The monoisotopic (exact) mass is 274 g/mol. The zero-order valence-electron chi connectivity index (χ0n) is 12.5. The molecule has 20 heavy (non-hydrogen) atoms. The van der Waals surface area contributed by atoms with Gasteiger partial charge in [-0.05, 0) is 51.1 Å². The van der Waals surface area contributed by atoms with E-state index in [4.69, 9.17) is 9.47 Å². The fraction of sp³-hybridized carbons (Fsp3) is 0.562. The third-order valence-electron chi connectivity index (χ3n) is 4.14. The van der Waals surface area contributed by atoms with E-state index in [0.29, 0.717) is 0 Å². The molecule has 0 amide bonds. The van der Waals surface area contributed by atoms with Gasteiger partial charge in [0.05, 0.1) is 20.3 Å². The first kappa shape index (κ1) is 14.7. The minimum atomic E-state index is -0.680. The number of ether oxygens (including phenoxy) is 2. The van der Waals surface area contributed by atoms with Gasteiger partial charge in [0, 0.05) is 5.56 Å². The zero-order valence-corrected chi connectivity index (χ0v) is 12.5. The van der Waals surface area contributed by atoms with Crippen LogP contribution in [0.25, 0.3) is 0 Å². The molecule has 1 aliphatic heterocycles. The van der Waals surface area contributed by atoms with Gasteiger partial charge in [0.1, 0.15) is 17.0 Å². The quantitative estimate of drug-likeness (QED) is 0.847. The third kappa shape index (κ3) is 2.59. The molecule has 2 rings (SSSR count). The van der Waals surface area contributed by atoms with Crippen molar-refractivity contribution in [3.8, 4) is 17.6 Å². The third-order valence-corrected chi connectivity index (χ3v) is 4.14. The predicted molar refractivity (Wildman–Crippen MR) is 77.9 cm³/mol. The molecule has 0 saturated carbocycles. The summed E-state index contributed by atoms with van der Waals surface area (Å²) in [5, 5.41) is 9.79. The van der Waals surface area contributed by atoms with Crippen LogP contribution in [-0.4, -0.2) is 32.2 Å². The van der Waals surface area contributed by atoms with Gasteiger partial charge in [0.25, 0.3) is 0 Å². The molecular weight excluding hydrogens is 252 g/mol. The van der Waals surface area contributed by atoms with Crippen LogP contribution in [-0.2, 0) is 5.54 Å². The average Bonchev–Trinajstić information content (AvgIpc) is 2.54. The number of nitriles is 1. The molecule has 0 radical (unpaired) electrons. The molecule has 4 nitrogen and oxygen atoms in total. The molecule has 1 aliphatic rings. The van der Waals surface area contributed by atoms with Crippen molar-refractivity contribution in [1.82, 2.24) is 4.90 Å². The number of methoxy groups -OCH3 is 2. The van der Waals surface area contributed by atoms with Crippen LogP contribution < -0.4 is 9.47 Å². The van der Waals surface area contributed by atoms with Gasteiger partial charge in [-0.25, -0.2) is 0 Å². The second-order valence-electron chi connectivity index (χ2n) is 5.30. The van der Waals surface area contributed by atoms with Gasteiger partial charge in [-0.2, -0.15) is 5.26 Å². The van der Waals surface area contributed by atoms with Crippen molar-refractivity contribution in [2.45, 2.75) is 31.7 Å². The topological polar surface area (TPSA) is 45.5 Å². The lowest BCUT2D eigenvalue weighted by Crippen LogP contribution is -2.45. The molecule has 1 aromatic carbocycles. The maximum atomic E-state index is 9.79. The lowest BCUT2D eigenvalue weighted by atomic mass is 9.88. The molecule has 0 aromatic heterocycles. The van der Waals surface area contributed by atoms with E-state index in [2.05, 4.69) is 11.0 Å². The molecule has 1 fully saturated rings. The molecule has 1 atom stereocenters. The van der Waals surface area contributed by atoms with Crippen molar-refractivity contribution >= 4 is 0 Å². The standard InChI is InChI=1S/C16H22N2O2/c1-16(12-17,18-9-5-4-6-10-18)14-11-13(19-2)7-8-15(14)20-3/h7-8,11H,4-6,9-10H2,1-3H3. The predicted octanol–water partition coefficient (Wildman–Crippen LogP) is 2.93. The second kappa shape index (κ2) is 6.15. The smallest absolute Gasteiger partial charge is 0.135 e. The summed E-state index contributed by atoms with van der Waals surface area (Å²) in [6, 6.07) is 8.12. The fourth-order valence-corrected chi connectivity index (χ4v) is 2.84. The van der Waals surface area contributed by atoms with E-state index in [1.54, 1.807) is 14.2 Å². The first-order valence-corrected chi connectivity index (χ1v) is 7.04. The maximum absolute atomic E-state index is 9.79. The Kier molecular flexibility index (Phi) is 4.51. The maximum Gasteiger partial charge on any atom is 0.135 e. The second-order valence-corrected chi connectivity index (χ2v) is 5.30. The van der Waals surface area contributed by atoms with E-state index in [-0.39, 0.29) is 0 Å². The Bertz CT molecular complexity index is 504. The van der Waals surface area contributed by atoms with Crippen molar-refractivity contribution in [2.75, 3.05) is 27.3 Å². The van der Waals surface area contributed by atoms with Crippen LogP contribution in [0.2, 0.25) is 0 Å². The number of piperidine rings is 1. The number of hydrogen-bond acceptors (Lipinski definition) is 4. The summed E-state index contributed by atoms with van der Waals surface area (Å²) in [4.78, 5) is 2.24. The summed E-state index contributed by atoms with van der Waals surface area (Å²) in [6.45, 7) is 3.87. The molecule has 0 spiro atoms. The zero-order chi connectivity index (χ0) is 14.6. The summed E-state index contributed by atoms with van der Waals surface area (Å²) in [5.74, 6) is 1.49. The Balaban J connectivity index is 2.46. The van der Waals surface area contributed by atoms with Gasteiger partial charge < -0.3 is 9.47 Å². The first-order valence-electron chi connectivity index (χ1n) is 7.04. The lowest BCUT2D eigenvalue weighted by Gasteiger charge is -2.39. The molecule has 1 heterocycles. The van der Waals surface area contributed by atoms with Crippen molar-refractivity contribution in [2.24, 2.45) is 0 Å². The van der Waals surface area contributed by atoms with E-state index in [1.807, 2.05) is 25.1 Å². The number of nitrogens with zero attached hydrogens (tertiary/aromatic N) is 2. The van der Waals surface area contributed by atoms with Crippen LogP contribution in [0.1, 0.15) is 31.7 Å². The molecule has 1 unspecified atom stereocenters. The van der Waals surface area contributed by atoms with Gasteiger partial charge >= 0.3 is 0 Å². The van der Waals surface area contributed by atoms with Crippen molar-refractivity contribution < 1.29 is 9.47 Å². The van der Waals surface area contributed by atoms with Gasteiger partial charge in [-0.1, -0.05) is 6.42 Å². The van der Waals surface area contributed by atoms with Gasteiger partial charge in [-0.15, -0.1) is 0 Å². The minimum Gasteiger partial charge on any atom is -0.497 e. The van der Waals surface area contributed by atoms with Crippen LogP contribution in [0.4, 0.5) is 0 Å². The molecule has 108 valence electrons. The SMILES string of the molecule is COc1ccc(OC)c(C(C)(C#N)N2CCCCC2)c1. The number of likely N-dealkylation sites (tertiary alicyclic amines) is 1. The van der Waals surface area contributed by atoms with E-state index in [1.165, 1.54) is 6.42 Å². The highest BCUT2D eigenvalue weighted by Gasteiger charge is 2.37.